The SMILES string of the molecule is Cc1ncoc1C(=O)N1CCCC1CCCO. The Morgan fingerprint density at radius 1 is 1.71 bits per heavy atom. The topological polar surface area (TPSA) is 66.6 Å². The Labute approximate surface area is 100 Å². The molecule has 1 aliphatic rings. The maximum atomic E-state index is 12.2. The first-order chi connectivity index (χ1) is 8.24. The van der Waals surface area contributed by atoms with Crippen LogP contribution in [0.5, 0.6) is 0 Å². The van der Waals surface area contributed by atoms with Gasteiger partial charge in [-0.3, -0.25) is 4.79 Å². The summed E-state index contributed by atoms with van der Waals surface area (Å²) in [6, 6.07) is 0.235. The minimum absolute atomic E-state index is 0.0690. The van der Waals surface area contributed by atoms with Crippen LogP contribution in [-0.4, -0.2) is 40.1 Å². The first-order valence-electron chi connectivity index (χ1n) is 6.06. The molecule has 2 rings (SSSR count). The highest BCUT2D eigenvalue weighted by Crippen LogP contribution is 2.24. The van der Waals surface area contributed by atoms with Gasteiger partial charge in [-0.15, -0.1) is 0 Å². The van der Waals surface area contributed by atoms with Crippen molar-refractivity contribution in [1.29, 1.82) is 0 Å². The molecule has 0 spiro atoms. The van der Waals surface area contributed by atoms with Gasteiger partial charge >= 0.3 is 0 Å². The van der Waals surface area contributed by atoms with Gasteiger partial charge in [0.2, 0.25) is 5.76 Å². The Kier molecular flexibility index (Phi) is 3.78. The molecule has 0 bridgehead atoms. The van der Waals surface area contributed by atoms with E-state index in [-0.39, 0.29) is 18.6 Å². The molecule has 17 heavy (non-hydrogen) atoms. The zero-order valence-electron chi connectivity index (χ0n) is 10.1. The molecule has 1 saturated heterocycles. The number of aryl methyl sites for hydroxylation is 1. The number of carbonyl (C=O) groups excluding carboxylic acids is 1. The number of oxazole rings is 1. The number of likely N-dealkylation sites (tertiary alicyclic amines) is 1. The molecule has 1 fully saturated rings. The molecule has 0 radical (unpaired) electrons. The molecule has 0 saturated carbocycles. The zero-order chi connectivity index (χ0) is 12.3. The van der Waals surface area contributed by atoms with E-state index in [1.165, 1.54) is 6.39 Å². The maximum absolute atomic E-state index is 12.2. The number of aliphatic hydroxyl groups excluding tert-OH is 1. The lowest BCUT2D eigenvalue weighted by Gasteiger charge is -2.23. The monoisotopic (exact) mass is 238 g/mol. The molecule has 5 heteroatoms. The minimum atomic E-state index is -0.0690. The molecule has 1 atom stereocenters. The van der Waals surface area contributed by atoms with Gasteiger partial charge < -0.3 is 14.4 Å². The Morgan fingerprint density at radius 2 is 2.53 bits per heavy atom. The summed E-state index contributed by atoms with van der Waals surface area (Å²) in [5.74, 6) is 0.279. The summed E-state index contributed by atoms with van der Waals surface area (Å²) in [5.41, 5.74) is 0.641. The number of aromatic nitrogens is 1. The minimum Gasteiger partial charge on any atom is -0.438 e. The lowest BCUT2D eigenvalue weighted by Crippen LogP contribution is -2.35. The smallest absolute Gasteiger partial charge is 0.291 e. The molecule has 1 aromatic heterocycles. The Bertz CT molecular complexity index is 389. The van der Waals surface area contributed by atoms with Gasteiger partial charge in [-0.25, -0.2) is 4.98 Å². The van der Waals surface area contributed by atoms with E-state index >= 15 is 0 Å². The molecular weight excluding hydrogens is 220 g/mol. The van der Waals surface area contributed by atoms with E-state index in [9.17, 15) is 4.79 Å². The van der Waals surface area contributed by atoms with Crippen LogP contribution in [-0.2, 0) is 0 Å². The third-order valence-corrected chi connectivity index (χ3v) is 3.27. The van der Waals surface area contributed by atoms with Gasteiger partial charge in [0.05, 0.1) is 5.69 Å². The third-order valence-electron chi connectivity index (χ3n) is 3.27. The van der Waals surface area contributed by atoms with E-state index in [1.807, 2.05) is 4.90 Å². The van der Waals surface area contributed by atoms with Crippen molar-refractivity contribution in [2.45, 2.75) is 38.6 Å². The van der Waals surface area contributed by atoms with Gasteiger partial charge in [-0.2, -0.15) is 0 Å². The second-order valence-electron chi connectivity index (χ2n) is 4.43. The molecule has 1 aromatic rings. The number of hydrogen-bond donors (Lipinski definition) is 1. The van der Waals surface area contributed by atoms with Gasteiger partial charge in [0.15, 0.2) is 6.39 Å². The van der Waals surface area contributed by atoms with Gasteiger partial charge in [0.1, 0.15) is 0 Å². The van der Waals surface area contributed by atoms with Gasteiger partial charge in [0.25, 0.3) is 5.91 Å². The van der Waals surface area contributed by atoms with Gasteiger partial charge in [0, 0.05) is 19.2 Å². The number of aliphatic hydroxyl groups is 1. The predicted octanol–water partition coefficient (Wildman–Crippen LogP) is 1.36. The van der Waals surface area contributed by atoms with Crippen molar-refractivity contribution in [3.05, 3.63) is 17.8 Å². The lowest BCUT2D eigenvalue weighted by atomic mass is 10.1. The summed E-state index contributed by atoms with van der Waals surface area (Å²) < 4.78 is 5.14. The Balaban J connectivity index is 2.06. The second kappa shape index (κ2) is 5.31. The van der Waals surface area contributed by atoms with E-state index in [2.05, 4.69) is 4.98 Å². The average molecular weight is 238 g/mol. The molecule has 1 N–H and O–H groups in total. The molecule has 1 amide bonds. The van der Waals surface area contributed by atoms with Crippen molar-refractivity contribution in [2.24, 2.45) is 0 Å². The summed E-state index contributed by atoms with van der Waals surface area (Å²) in [5, 5.41) is 8.85. The first-order valence-corrected chi connectivity index (χ1v) is 6.06. The van der Waals surface area contributed by atoms with E-state index in [4.69, 9.17) is 9.52 Å². The molecule has 1 unspecified atom stereocenters. The van der Waals surface area contributed by atoms with Gasteiger partial charge in [-0.1, -0.05) is 0 Å². The van der Waals surface area contributed by atoms with Crippen LogP contribution in [0.25, 0.3) is 0 Å². The first kappa shape index (κ1) is 12.1. The second-order valence-corrected chi connectivity index (χ2v) is 4.43. The number of amides is 1. The van der Waals surface area contributed by atoms with Crippen molar-refractivity contribution in [3.63, 3.8) is 0 Å². The normalized spacial score (nSPS) is 19.9. The molecule has 2 heterocycles. The van der Waals surface area contributed by atoms with E-state index in [0.717, 1.165) is 32.2 Å². The summed E-state index contributed by atoms with van der Waals surface area (Å²) in [6.45, 7) is 2.73. The lowest BCUT2D eigenvalue weighted by molar-refractivity contribution is 0.0691. The molecule has 94 valence electrons. The number of rotatable bonds is 4. The van der Waals surface area contributed by atoms with Crippen LogP contribution in [0.3, 0.4) is 0 Å². The predicted molar refractivity (Wildman–Crippen MR) is 61.6 cm³/mol. The third kappa shape index (κ3) is 2.49. The standard InChI is InChI=1S/C12H18N2O3/c1-9-11(17-8-13-9)12(16)14-6-2-4-10(14)5-3-7-15/h8,10,15H,2-7H2,1H3. The fourth-order valence-electron chi connectivity index (χ4n) is 2.37. The Morgan fingerprint density at radius 3 is 3.18 bits per heavy atom. The van der Waals surface area contributed by atoms with Crippen molar-refractivity contribution in [2.75, 3.05) is 13.2 Å². The summed E-state index contributed by atoms with van der Waals surface area (Å²) >= 11 is 0. The molecule has 0 aliphatic carbocycles. The zero-order valence-corrected chi connectivity index (χ0v) is 10.1. The largest absolute Gasteiger partial charge is 0.438 e. The summed E-state index contributed by atoms with van der Waals surface area (Å²) in [7, 11) is 0. The number of nitrogens with zero attached hydrogens (tertiary/aromatic N) is 2. The van der Waals surface area contributed by atoms with Crippen molar-refractivity contribution in [1.82, 2.24) is 9.88 Å². The van der Waals surface area contributed by atoms with E-state index in [0.29, 0.717) is 11.5 Å². The summed E-state index contributed by atoms with van der Waals surface area (Å²) in [4.78, 5) is 18.0. The molecule has 1 aliphatic heterocycles. The van der Waals surface area contributed by atoms with Crippen LogP contribution in [0.1, 0.15) is 41.9 Å². The number of carbonyl (C=O) groups is 1. The molecule has 0 aromatic carbocycles. The van der Waals surface area contributed by atoms with E-state index in [1.54, 1.807) is 6.92 Å². The highest BCUT2D eigenvalue weighted by atomic mass is 16.3. The van der Waals surface area contributed by atoms with Crippen molar-refractivity contribution < 1.29 is 14.3 Å². The fourth-order valence-corrected chi connectivity index (χ4v) is 2.37. The van der Waals surface area contributed by atoms with Crippen molar-refractivity contribution in [3.8, 4) is 0 Å². The van der Waals surface area contributed by atoms with Crippen LogP contribution in [0.15, 0.2) is 10.8 Å². The molecule has 5 nitrogen and oxygen atoms in total. The van der Waals surface area contributed by atoms with Crippen LogP contribution >= 0.6 is 0 Å². The summed E-state index contributed by atoms with van der Waals surface area (Å²) in [6.07, 6.45) is 4.94. The van der Waals surface area contributed by atoms with Crippen LogP contribution in [0.2, 0.25) is 0 Å². The fraction of sp³-hybridized carbons (Fsp3) is 0.667. The highest BCUT2D eigenvalue weighted by Gasteiger charge is 2.31. The van der Waals surface area contributed by atoms with Crippen LogP contribution in [0.4, 0.5) is 0 Å². The van der Waals surface area contributed by atoms with Gasteiger partial charge in [-0.05, 0) is 32.6 Å². The van der Waals surface area contributed by atoms with Crippen LogP contribution in [0, 0.1) is 6.92 Å². The van der Waals surface area contributed by atoms with E-state index < -0.39 is 0 Å². The Hall–Kier alpha value is -1.36. The van der Waals surface area contributed by atoms with Crippen LogP contribution < -0.4 is 0 Å². The maximum Gasteiger partial charge on any atom is 0.291 e. The quantitative estimate of drug-likeness (QED) is 0.860. The molecular formula is C12H18N2O3. The van der Waals surface area contributed by atoms with Crippen molar-refractivity contribution >= 4 is 5.91 Å². The number of hydrogen-bond acceptors (Lipinski definition) is 4. The highest BCUT2D eigenvalue weighted by molar-refractivity contribution is 5.92. The average Bonchev–Trinajstić information content (AvgIpc) is 2.94.